The van der Waals surface area contributed by atoms with Crippen LogP contribution in [0.3, 0.4) is 0 Å². The van der Waals surface area contributed by atoms with Gasteiger partial charge in [0.25, 0.3) is 12.0 Å². The van der Waals surface area contributed by atoms with E-state index in [4.69, 9.17) is 14.3 Å². The van der Waals surface area contributed by atoms with Gasteiger partial charge in [-0.15, -0.1) is 0 Å². The Morgan fingerprint density at radius 1 is 1.23 bits per heavy atom. The summed E-state index contributed by atoms with van der Waals surface area (Å²) in [6.07, 6.45) is 5.58. The lowest BCUT2D eigenvalue weighted by atomic mass is 9.84. The number of furan rings is 1. The quantitative estimate of drug-likeness (QED) is 0.698. The van der Waals surface area contributed by atoms with E-state index in [2.05, 4.69) is 4.90 Å². The van der Waals surface area contributed by atoms with Crippen molar-refractivity contribution in [2.45, 2.75) is 32.0 Å². The van der Waals surface area contributed by atoms with Crippen LogP contribution in [-0.2, 0) is 34.5 Å². The molecule has 30 heavy (non-hydrogen) atoms. The van der Waals surface area contributed by atoms with Gasteiger partial charge >= 0.3 is 0 Å². The maximum atomic E-state index is 13.0. The number of carboxylic acid groups (broad SMARTS) is 1. The number of fused-ring (bicyclic) bond motifs is 4. The number of piperidine rings is 1. The highest BCUT2D eigenvalue weighted by molar-refractivity contribution is 7.88. The van der Waals surface area contributed by atoms with Gasteiger partial charge in [0.1, 0.15) is 0 Å². The molecule has 2 aromatic rings. The van der Waals surface area contributed by atoms with Crippen LogP contribution in [-0.4, -0.2) is 60.2 Å². The van der Waals surface area contributed by atoms with E-state index in [9.17, 15) is 13.2 Å². The van der Waals surface area contributed by atoms with Crippen LogP contribution in [0.25, 0.3) is 0 Å². The van der Waals surface area contributed by atoms with Gasteiger partial charge < -0.3 is 14.1 Å². The summed E-state index contributed by atoms with van der Waals surface area (Å²) in [4.78, 5) is 23.5. The van der Waals surface area contributed by atoms with Crippen molar-refractivity contribution in [3.05, 3.63) is 57.9 Å². The molecule has 0 amide bonds. The van der Waals surface area contributed by atoms with E-state index >= 15 is 0 Å². The third-order valence-corrected chi connectivity index (χ3v) is 6.83. The van der Waals surface area contributed by atoms with Crippen LogP contribution < -0.4 is 5.56 Å². The number of rotatable bonds is 5. The Morgan fingerprint density at radius 2 is 1.97 bits per heavy atom. The number of pyridine rings is 1. The summed E-state index contributed by atoms with van der Waals surface area (Å²) in [6.45, 7) is 2.59. The smallest absolute Gasteiger partial charge is 0.290 e. The number of nitrogens with zero attached hydrogens (tertiary/aromatic N) is 3. The molecule has 10 heteroatoms. The summed E-state index contributed by atoms with van der Waals surface area (Å²) in [5.41, 5.74) is 2.86. The molecule has 0 saturated carbocycles. The van der Waals surface area contributed by atoms with Crippen molar-refractivity contribution in [2.24, 2.45) is 5.92 Å². The molecule has 2 atom stereocenters. The van der Waals surface area contributed by atoms with Crippen LogP contribution >= 0.6 is 0 Å². The molecule has 164 valence electrons. The summed E-state index contributed by atoms with van der Waals surface area (Å²) in [5, 5.41) is 6.89. The van der Waals surface area contributed by atoms with E-state index in [1.165, 1.54) is 6.26 Å². The topological polar surface area (TPSA) is 113 Å². The highest BCUT2D eigenvalue weighted by Crippen LogP contribution is 2.36. The number of hydrogen-bond acceptors (Lipinski definition) is 6. The summed E-state index contributed by atoms with van der Waals surface area (Å²) in [7, 11) is -1.22. The van der Waals surface area contributed by atoms with Gasteiger partial charge in [-0.2, -0.15) is 0 Å². The molecular formula is C20H27N3O6S. The second-order valence-electron chi connectivity index (χ2n) is 7.99. The van der Waals surface area contributed by atoms with Crippen molar-refractivity contribution in [3.8, 4) is 0 Å². The molecule has 0 unspecified atom stereocenters. The maximum absolute atomic E-state index is 13.0. The van der Waals surface area contributed by atoms with E-state index in [1.54, 1.807) is 16.8 Å². The number of hydrogen-bond donors (Lipinski definition) is 1. The predicted molar refractivity (Wildman–Crippen MR) is 111 cm³/mol. The molecule has 1 N–H and O–H groups in total. The van der Waals surface area contributed by atoms with E-state index in [1.807, 2.05) is 29.8 Å². The van der Waals surface area contributed by atoms with Crippen molar-refractivity contribution in [1.82, 2.24) is 13.8 Å². The molecule has 4 heterocycles. The Bertz CT molecular complexity index is 1030. The lowest BCUT2D eigenvalue weighted by Gasteiger charge is -2.41. The third-order valence-electron chi connectivity index (χ3n) is 5.59. The number of aromatic nitrogens is 1. The largest absolute Gasteiger partial charge is 0.483 e. The highest BCUT2D eigenvalue weighted by atomic mass is 32.2. The fraction of sp³-hybridized carbons (Fsp3) is 0.500. The fourth-order valence-electron chi connectivity index (χ4n) is 4.38. The second-order valence-corrected chi connectivity index (χ2v) is 9.97. The average molecular weight is 438 g/mol. The molecule has 1 fully saturated rings. The van der Waals surface area contributed by atoms with Gasteiger partial charge in [0, 0.05) is 55.5 Å². The van der Waals surface area contributed by atoms with Gasteiger partial charge in [-0.25, -0.2) is 12.7 Å². The van der Waals surface area contributed by atoms with Gasteiger partial charge in [0.15, 0.2) is 0 Å². The van der Waals surface area contributed by atoms with Crippen LogP contribution in [0.2, 0.25) is 0 Å². The van der Waals surface area contributed by atoms with Crippen molar-refractivity contribution in [2.75, 3.05) is 26.4 Å². The minimum Gasteiger partial charge on any atom is -0.483 e. The summed E-state index contributed by atoms with van der Waals surface area (Å²) in [6, 6.07) is 5.83. The Labute approximate surface area is 175 Å². The summed E-state index contributed by atoms with van der Waals surface area (Å²) < 4.78 is 32.4. The Kier molecular flexibility index (Phi) is 6.79. The Balaban J connectivity index is 0.000000806. The first-order valence-electron chi connectivity index (χ1n) is 9.68. The lowest BCUT2D eigenvalue weighted by Crippen LogP contribution is -2.49. The van der Waals surface area contributed by atoms with Gasteiger partial charge in [-0.1, -0.05) is 6.07 Å². The molecule has 0 aromatic carbocycles. The van der Waals surface area contributed by atoms with Gasteiger partial charge in [0.2, 0.25) is 10.0 Å². The van der Waals surface area contributed by atoms with Crippen molar-refractivity contribution in [1.29, 1.82) is 0 Å². The molecule has 0 spiro atoms. The van der Waals surface area contributed by atoms with Crippen LogP contribution in [0.4, 0.5) is 0 Å². The molecule has 9 nitrogen and oxygen atoms in total. The van der Waals surface area contributed by atoms with E-state index < -0.39 is 10.0 Å². The third kappa shape index (κ3) is 5.00. The van der Waals surface area contributed by atoms with Crippen LogP contribution in [0, 0.1) is 5.92 Å². The molecule has 1 saturated heterocycles. The monoisotopic (exact) mass is 437 g/mol. The standard InChI is InChI=1S/C19H25N3O4S.CH2O2/c1-20(8-14-5-6-26-13-14)11-16-3-4-18-17-7-15(10-22(18)19(16)23)9-21(12-17)27(2,24)25;2-1-3/h3-6,13,15,17H,7-12H2,1-2H3;1H,(H,2,3)/t15-,17+;/m0./s1. The van der Waals surface area contributed by atoms with E-state index in [-0.39, 0.29) is 23.9 Å². The molecule has 2 aromatic heterocycles. The lowest BCUT2D eigenvalue weighted by molar-refractivity contribution is -0.122. The molecule has 0 aliphatic carbocycles. The van der Waals surface area contributed by atoms with Crippen LogP contribution in [0.1, 0.15) is 29.2 Å². The maximum Gasteiger partial charge on any atom is 0.290 e. The zero-order valence-corrected chi connectivity index (χ0v) is 17.9. The Morgan fingerprint density at radius 3 is 2.60 bits per heavy atom. The van der Waals surface area contributed by atoms with Crippen molar-refractivity contribution < 1.29 is 22.7 Å². The van der Waals surface area contributed by atoms with Gasteiger partial charge in [0.05, 0.1) is 18.8 Å². The first-order chi connectivity index (χ1) is 14.2. The Hall–Kier alpha value is -2.43. The highest BCUT2D eigenvalue weighted by Gasteiger charge is 2.37. The summed E-state index contributed by atoms with van der Waals surface area (Å²) >= 11 is 0. The van der Waals surface area contributed by atoms with Gasteiger partial charge in [-0.05, 0) is 31.5 Å². The molecule has 2 bridgehead atoms. The predicted octanol–water partition coefficient (Wildman–Crippen LogP) is 1.15. The first kappa shape index (κ1) is 22.3. The van der Waals surface area contributed by atoms with Gasteiger partial charge in [-0.3, -0.25) is 14.5 Å². The van der Waals surface area contributed by atoms with Crippen LogP contribution in [0.15, 0.2) is 39.9 Å². The minimum absolute atomic E-state index is 0.0500. The van der Waals surface area contributed by atoms with E-state index in [0.717, 1.165) is 23.2 Å². The normalized spacial score (nSPS) is 20.9. The van der Waals surface area contributed by atoms with E-state index in [0.29, 0.717) is 32.7 Å². The van der Waals surface area contributed by atoms with Crippen LogP contribution in [0.5, 0.6) is 0 Å². The molecule has 2 aliphatic heterocycles. The fourth-order valence-corrected chi connectivity index (χ4v) is 5.31. The molecule has 0 radical (unpaired) electrons. The minimum atomic E-state index is -3.20. The molecule has 2 aliphatic rings. The molecule has 4 rings (SSSR count). The van der Waals surface area contributed by atoms with Crippen molar-refractivity contribution in [3.63, 3.8) is 0 Å². The summed E-state index contributed by atoms with van der Waals surface area (Å²) in [5.74, 6) is 0.292. The zero-order chi connectivity index (χ0) is 21.9. The first-order valence-corrected chi connectivity index (χ1v) is 11.5. The number of sulfonamides is 1. The zero-order valence-electron chi connectivity index (χ0n) is 17.1. The second kappa shape index (κ2) is 9.15. The van der Waals surface area contributed by atoms with Crippen molar-refractivity contribution >= 4 is 16.5 Å². The molecular weight excluding hydrogens is 410 g/mol. The number of carbonyl (C=O) groups is 1. The SMILES string of the molecule is CN(Cc1ccoc1)Cc1ccc2n(c1=O)C[C@H]1C[C@@H]2CN(S(C)(=O)=O)C1.O=CO. The average Bonchev–Trinajstić information content (AvgIpc) is 3.17.